The maximum Gasteiger partial charge on any atom is 0.116 e. The van der Waals surface area contributed by atoms with E-state index in [1.807, 2.05) is 24.4 Å². The highest BCUT2D eigenvalue weighted by Crippen LogP contribution is 2.29. The number of nitrogens with two attached hydrogens (primary N) is 1. The summed E-state index contributed by atoms with van der Waals surface area (Å²) in [6.07, 6.45) is 5.58. The minimum atomic E-state index is 0.334. The van der Waals surface area contributed by atoms with Gasteiger partial charge in [-0.3, -0.25) is 0 Å². The first-order valence-electron chi connectivity index (χ1n) is 6.70. The van der Waals surface area contributed by atoms with Crippen LogP contribution in [0.2, 0.25) is 0 Å². The maximum atomic E-state index is 5.97. The third-order valence-electron chi connectivity index (χ3n) is 3.62. The van der Waals surface area contributed by atoms with E-state index in [0.717, 1.165) is 42.9 Å². The van der Waals surface area contributed by atoms with Crippen LogP contribution >= 0.6 is 0 Å². The second kappa shape index (κ2) is 5.36. The largest absolute Gasteiger partial charge is 0.368 e. The first-order valence-corrected chi connectivity index (χ1v) is 6.70. The molecule has 1 aliphatic rings. The van der Waals surface area contributed by atoms with E-state index in [0.29, 0.717) is 6.04 Å². The molecule has 19 heavy (non-hydrogen) atoms. The summed E-state index contributed by atoms with van der Waals surface area (Å²) in [4.78, 5) is 11.0. The Kier molecular flexibility index (Phi) is 3.42. The van der Waals surface area contributed by atoms with Gasteiger partial charge in [0.15, 0.2) is 0 Å². The molecule has 0 saturated carbocycles. The summed E-state index contributed by atoms with van der Waals surface area (Å²) in [6.45, 7) is 1.96. The van der Waals surface area contributed by atoms with Crippen LogP contribution in [-0.4, -0.2) is 29.1 Å². The van der Waals surface area contributed by atoms with Crippen molar-refractivity contribution < 1.29 is 0 Å². The fourth-order valence-corrected chi connectivity index (χ4v) is 2.51. The summed E-state index contributed by atoms with van der Waals surface area (Å²) in [5.41, 5.74) is 9.22. The molecule has 0 radical (unpaired) electrons. The molecule has 98 valence electrons. The second-order valence-electron chi connectivity index (χ2n) is 4.95. The van der Waals surface area contributed by atoms with Gasteiger partial charge in [-0.05, 0) is 12.8 Å². The quantitative estimate of drug-likeness (QED) is 0.891. The number of hydrogen-bond donors (Lipinski definition) is 1. The van der Waals surface area contributed by atoms with Crippen molar-refractivity contribution in [1.29, 1.82) is 0 Å². The average molecular weight is 254 g/mol. The molecule has 3 rings (SSSR count). The van der Waals surface area contributed by atoms with Gasteiger partial charge < -0.3 is 10.6 Å². The van der Waals surface area contributed by atoms with Gasteiger partial charge in [0.1, 0.15) is 6.33 Å². The smallest absolute Gasteiger partial charge is 0.116 e. The third kappa shape index (κ3) is 2.58. The van der Waals surface area contributed by atoms with E-state index in [2.05, 4.69) is 27.0 Å². The maximum absolute atomic E-state index is 5.97. The van der Waals surface area contributed by atoms with Crippen LogP contribution in [0.4, 0.5) is 5.69 Å². The monoisotopic (exact) mass is 254 g/mol. The summed E-state index contributed by atoms with van der Waals surface area (Å²) in [7, 11) is 0. The van der Waals surface area contributed by atoms with E-state index >= 15 is 0 Å². The lowest BCUT2D eigenvalue weighted by Crippen LogP contribution is -2.40. The van der Waals surface area contributed by atoms with Crippen molar-refractivity contribution in [2.24, 2.45) is 5.73 Å². The van der Waals surface area contributed by atoms with E-state index in [-0.39, 0.29) is 0 Å². The summed E-state index contributed by atoms with van der Waals surface area (Å²) in [5.74, 6) is 0. The van der Waals surface area contributed by atoms with Crippen molar-refractivity contribution >= 4 is 5.69 Å². The highest BCUT2D eigenvalue weighted by Gasteiger charge is 2.19. The number of nitrogens with zero attached hydrogens (tertiary/aromatic N) is 3. The van der Waals surface area contributed by atoms with Gasteiger partial charge in [-0.25, -0.2) is 9.97 Å². The molecule has 1 fully saturated rings. The van der Waals surface area contributed by atoms with Gasteiger partial charge in [-0.2, -0.15) is 0 Å². The molecule has 2 heterocycles. The van der Waals surface area contributed by atoms with E-state index in [4.69, 9.17) is 5.73 Å². The van der Waals surface area contributed by atoms with Crippen molar-refractivity contribution in [3.8, 4) is 11.3 Å². The summed E-state index contributed by atoms with van der Waals surface area (Å²) < 4.78 is 0. The van der Waals surface area contributed by atoms with E-state index in [1.165, 1.54) is 0 Å². The van der Waals surface area contributed by atoms with Crippen LogP contribution in [0.25, 0.3) is 11.3 Å². The summed E-state index contributed by atoms with van der Waals surface area (Å²) in [5, 5.41) is 0. The van der Waals surface area contributed by atoms with Crippen molar-refractivity contribution in [3.63, 3.8) is 0 Å². The minimum Gasteiger partial charge on any atom is -0.368 e. The van der Waals surface area contributed by atoms with E-state index in [9.17, 15) is 0 Å². The van der Waals surface area contributed by atoms with Gasteiger partial charge in [0.25, 0.3) is 0 Å². The molecule has 2 N–H and O–H groups in total. The zero-order chi connectivity index (χ0) is 13.1. The SMILES string of the molecule is NC1CCN(c2cncnc2-c2ccccc2)CC1. The fraction of sp³-hybridized carbons (Fsp3) is 0.333. The van der Waals surface area contributed by atoms with Crippen LogP contribution in [-0.2, 0) is 0 Å². The van der Waals surface area contributed by atoms with Crippen molar-refractivity contribution in [3.05, 3.63) is 42.9 Å². The average Bonchev–Trinajstić information content (AvgIpc) is 2.49. The highest BCUT2D eigenvalue weighted by atomic mass is 15.2. The zero-order valence-electron chi connectivity index (χ0n) is 10.9. The number of rotatable bonds is 2. The normalized spacial score (nSPS) is 16.6. The molecule has 0 bridgehead atoms. The number of piperidine rings is 1. The van der Waals surface area contributed by atoms with Gasteiger partial charge in [-0.1, -0.05) is 30.3 Å². The molecule has 0 spiro atoms. The summed E-state index contributed by atoms with van der Waals surface area (Å²) >= 11 is 0. The topological polar surface area (TPSA) is 55.0 Å². The Morgan fingerprint density at radius 2 is 1.84 bits per heavy atom. The Balaban J connectivity index is 1.94. The Morgan fingerprint density at radius 3 is 2.58 bits per heavy atom. The predicted octanol–water partition coefficient (Wildman–Crippen LogP) is 2.07. The van der Waals surface area contributed by atoms with Crippen LogP contribution in [0, 0.1) is 0 Å². The molecule has 1 saturated heterocycles. The number of benzene rings is 1. The molecule has 0 amide bonds. The van der Waals surface area contributed by atoms with Gasteiger partial charge in [-0.15, -0.1) is 0 Å². The van der Waals surface area contributed by atoms with E-state index in [1.54, 1.807) is 6.33 Å². The Morgan fingerprint density at radius 1 is 1.11 bits per heavy atom. The zero-order valence-corrected chi connectivity index (χ0v) is 10.9. The molecule has 0 aliphatic carbocycles. The third-order valence-corrected chi connectivity index (χ3v) is 3.62. The van der Waals surface area contributed by atoms with Crippen molar-refractivity contribution in [2.45, 2.75) is 18.9 Å². The van der Waals surface area contributed by atoms with Gasteiger partial charge >= 0.3 is 0 Å². The van der Waals surface area contributed by atoms with Gasteiger partial charge in [0, 0.05) is 24.7 Å². The molecule has 4 nitrogen and oxygen atoms in total. The van der Waals surface area contributed by atoms with Gasteiger partial charge in [0.05, 0.1) is 17.6 Å². The minimum absolute atomic E-state index is 0.334. The Labute approximate surface area is 113 Å². The van der Waals surface area contributed by atoms with Crippen LogP contribution in [0.5, 0.6) is 0 Å². The van der Waals surface area contributed by atoms with Crippen LogP contribution in [0.15, 0.2) is 42.9 Å². The Hall–Kier alpha value is -1.94. The van der Waals surface area contributed by atoms with Crippen molar-refractivity contribution in [2.75, 3.05) is 18.0 Å². The first-order chi connectivity index (χ1) is 9.34. The van der Waals surface area contributed by atoms with Gasteiger partial charge in [0.2, 0.25) is 0 Å². The molecular weight excluding hydrogens is 236 g/mol. The molecule has 1 aliphatic heterocycles. The summed E-state index contributed by atoms with van der Waals surface area (Å²) in [6, 6.07) is 10.6. The molecule has 0 unspecified atom stereocenters. The molecular formula is C15H18N4. The molecule has 1 aromatic carbocycles. The van der Waals surface area contributed by atoms with E-state index < -0.39 is 0 Å². The first kappa shape index (κ1) is 12.1. The lowest BCUT2D eigenvalue weighted by Gasteiger charge is -2.32. The second-order valence-corrected chi connectivity index (χ2v) is 4.95. The molecule has 0 atom stereocenters. The lowest BCUT2D eigenvalue weighted by atomic mass is 10.0. The van der Waals surface area contributed by atoms with Crippen LogP contribution in [0.3, 0.4) is 0 Å². The highest BCUT2D eigenvalue weighted by molar-refractivity contribution is 5.74. The van der Waals surface area contributed by atoms with Crippen molar-refractivity contribution in [1.82, 2.24) is 9.97 Å². The predicted molar refractivity (Wildman–Crippen MR) is 76.9 cm³/mol. The number of anilines is 1. The lowest BCUT2D eigenvalue weighted by molar-refractivity contribution is 0.501. The molecule has 2 aromatic rings. The Bertz CT molecular complexity index is 533. The van der Waals surface area contributed by atoms with Crippen LogP contribution < -0.4 is 10.6 Å². The molecule has 4 heteroatoms. The number of hydrogen-bond acceptors (Lipinski definition) is 4. The molecule has 1 aromatic heterocycles. The standard InChI is InChI=1S/C15H18N4/c16-13-6-8-19(9-7-13)14-10-17-11-18-15(14)12-4-2-1-3-5-12/h1-5,10-11,13H,6-9,16H2. The fourth-order valence-electron chi connectivity index (χ4n) is 2.51. The number of aromatic nitrogens is 2. The van der Waals surface area contributed by atoms with Crippen LogP contribution in [0.1, 0.15) is 12.8 Å².